The molecule has 1 aliphatic rings. The summed E-state index contributed by atoms with van der Waals surface area (Å²) in [5.74, 6) is -0.607. The number of benzene rings is 3. The van der Waals surface area contributed by atoms with Crippen molar-refractivity contribution in [1.82, 2.24) is 10.6 Å². The summed E-state index contributed by atoms with van der Waals surface area (Å²) in [7, 11) is 0. The maximum atomic E-state index is 15.0. The molecular weight excluding hydrogens is 503 g/mol. The Balaban J connectivity index is 1.22. The number of nitrogen functional groups attached to an aromatic ring is 1. The van der Waals surface area contributed by atoms with Crippen molar-refractivity contribution >= 4 is 34.5 Å². The molecule has 1 fully saturated rings. The number of cyclic esters (lactones) is 1. The molecule has 1 atom stereocenters. The van der Waals surface area contributed by atoms with Gasteiger partial charge in [0.15, 0.2) is 11.3 Å². The molecule has 0 radical (unpaired) electrons. The number of carbonyl (C=O) groups excluding carboxylic acids is 2. The van der Waals surface area contributed by atoms with E-state index in [1.807, 2.05) is 12.1 Å². The minimum Gasteiger partial charge on any atom is -0.442 e. The molecule has 200 valence electrons. The van der Waals surface area contributed by atoms with E-state index in [9.17, 15) is 14.4 Å². The first-order chi connectivity index (χ1) is 18.8. The molecule has 0 saturated carbocycles. The van der Waals surface area contributed by atoms with Crippen molar-refractivity contribution in [2.75, 3.05) is 23.7 Å². The average molecular weight is 531 g/mol. The molecule has 10 heteroatoms. The van der Waals surface area contributed by atoms with Crippen molar-refractivity contribution < 1.29 is 23.1 Å². The lowest BCUT2D eigenvalue weighted by molar-refractivity contribution is -0.119. The van der Waals surface area contributed by atoms with Gasteiger partial charge in [0.2, 0.25) is 5.91 Å². The van der Waals surface area contributed by atoms with Crippen molar-refractivity contribution in [3.8, 4) is 11.1 Å². The fourth-order valence-electron chi connectivity index (χ4n) is 4.50. The summed E-state index contributed by atoms with van der Waals surface area (Å²) in [4.78, 5) is 37.5. The molecule has 1 aliphatic heterocycles. The molecule has 5 rings (SSSR count). The third kappa shape index (κ3) is 5.60. The largest absolute Gasteiger partial charge is 0.442 e. The number of anilines is 2. The van der Waals surface area contributed by atoms with Crippen molar-refractivity contribution in [3.63, 3.8) is 0 Å². The van der Waals surface area contributed by atoms with Gasteiger partial charge in [0.05, 0.1) is 29.7 Å². The van der Waals surface area contributed by atoms with Crippen molar-refractivity contribution in [2.24, 2.45) is 0 Å². The van der Waals surface area contributed by atoms with Gasteiger partial charge in [-0.1, -0.05) is 36.4 Å². The van der Waals surface area contributed by atoms with Crippen LogP contribution in [0.5, 0.6) is 0 Å². The lowest BCUT2D eigenvalue weighted by atomic mass is 10.0. The van der Waals surface area contributed by atoms with Gasteiger partial charge < -0.3 is 25.5 Å². The number of hydrogen-bond acceptors (Lipinski definition) is 7. The Morgan fingerprint density at radius 3 is 2.59 bits per heavy atom. The molecule has 4 aromatic rings. The Kier molecular flexibility index (Phi) is 7.29. The average Bonchev–Trinajstić information content (AvgIpc) is 3.30. The van der Waals surface area contributed by atoms with Gasteiger partial charge in [-0.2, -0.15) is 0 Å². The van der Waals surface area contributed by atoms with Crippen LogP contribution in [0, 0.1) is 5.82 Å². The van der Waals surface area contributed by atoms with E-state index in [4.69, 9.17) is 14.9 Å². The highest BCUT2D eigenvalue weighted by atomic mass is 19.1. The summed E-state index contributed by atoms with van der Waals surface area (Å²) in [5.41, 5.74) is 9.01. The highest BCUT2D eigenvalue weighted by Crippen LogP contribution is 2.29. The molecule has 1 aromatic heterocycles. The quantitative estimate of drug-likeness (QED) is 0.315. The van der Waals surface area contributed by atoms with E-state index in [0.29, 0.717) is 39.9 Å². The number of nitrogens with two attached hydrogens (primary N) is 1. The van der Waals surface area contributed by atoms with E-state index in [-0.39, 0.29) is 36.9 Å². The Morgan fingerprint density at radius 2 is 1.85 bits per heavy atom. The van der Waals surface area contributed by atoms with E-state index < -0.39 is 18.0 Å². The van der Waals surface area contributed by atoms with Crippen LogP contribution in [0.4, 0.5) is 20.8 Å². The van der Waals surface area contributed by atoms with Gasteiger partial charge in [0, 0.05) is 25.6 Å². The first-order valence-corrected chi connectivity index (χ1v) is 12.4. The first kappa shape index (κ1) is 25.9. The molecule has 9 nitrogen and oxygen atoms in total. The Morgan fingerprint density at radius 1 is 1.08 bits per heavy atom. The molecule has 4 N–H and O–H groups in total. The lowest BCUT2D eigenvalue weighted by Gasteiger charge is -2.15. The summed E-state index contributed by atoms with van der Waals surface area (Å²) >= 11 is 0. The molecule has 0 aliphatic carbocycles. The van der Waals surface area contributed by atoms with Crippen LogP contribution in [-0.2, 0) is 22.6 Å². The minimum atomic E-state index is -0.586. The summed E-state index contributed by atoms with van der Waals surface area (Å²) in [6.45, 7) is 2.49. The predicted molar refractivity (Wildman–Crippen MR) is 146 cm³/mol. The zero-order chi connectivity index (χ0) is 27.5. The predicted octanol–water partition coefficient (Wildman–Crippen LogP) is 3.93. The summed E-state index contributed by atoms with van der Waals surface area (Å²) in [5, 5.41) is 6.30. The van der Waals surface area contributed by atoms with E-state index in [0.717, 1.165) is 5.56 Å². The SMILES string of the molecule is CC(=O)NC[C@H]1CN(c2ccc(-c3ccc(CNCc4c(N)oc5ccccc5c4=O)cc3)c(F)c2)C(=O)O1. The van der Waals surface area contributed by atoms with Gasteiger partial charge in [0.25, 0.3) is 0 Å². The number of halogens is 1. The Labute approximate surface area is 223 Å². The van der Waals surface area contributed by atoms with Gasteiger partial charge in [0.1, 0.15) is 17.5 Å². The number of amides is 2. The second kappa shape index (κ2) is 11.0. The number of hydrogen-bond donors (Lipinski definition) is 3. The number of rotatable bonds is 8. The maximum Gasteiger partial charge on any atom is 0.414 e. The second-order valence-corrected chi connectivity index (χ2v) is 9.29. The summed E-state index contributed by atoms with van der Waals surface area (Å²) in [6, 6.07) is 18.9. The molecule has 3 aromatic carbocycles. The molecule has 2 heterocycles. The fourth-order valence-corrected chi connectivity index (χ4v) is 4.50. The Bertz CT molecular complexity index is 1600. The van der Waals surface area contributed by atoms with Crippen LogP contribution in [0.2, 0.25) is 0 Å². The van der Waals surface area contributed by atoms with Gasteiger partial charge in [-0.15, -0.1) is 0 Å². The summed E-state index contributed by atoms with van der Waals surface area (Å²) < 4.78 is 25.9. The minimum absolute atomic E-state index is 0.0888. The Hall–Kier alpha value is -4.70. The molecule has 2 amide bonds. The van der Waals surface area contributed by atoms with Crippen LogP contribution in [0.25, 0.3) is 22.1 Å². The van der Waals surface area contributed by atoms with Gasteiger partial charge in [-0.05, 0) is 41.5 Å². The van der Waals surface area contributed by atoms with Gasteiger partial charge >= 0.3 is 6.09 Å². The molecule has 0 bridgehead atoms. The van der Waals surface area contributed by atoms with Crippen molar-refractivity contribution in [2.45, 2.75) is 26.1 Å². The highest BCUT2D eigenvalue weighted by Gasteiger charge is 2.32. The van der Waals surface area contributed by atoms with Crippen molar-refractivity contribution in [3.05, 3.63) is 93.9 Å². The number of ether oxygens (including phenoxy) is 1. The topological polar surface area (TPSA) is 127 Å². The van der Waals surface area contributed by atoms with Crippen LogP contribution in [0.3, 0.4) is 0 Å². The third-order valence-electron chi connectivity index (χ3n) is 6.54. The molecule has 0 spiro atoms. The highest BCUT2D eigenvalue weighted by molar-refractivity contribution is 5.90. The number of para-hydroxylation sites is 1. The van der Waals surface area contributed by atoms with E-state index in [1.54, 1.807) is 48.5 Å². The molecule has 39 heavy (non-hydrogen) atoms. The summed E-state index contributed by atoms with van der Waals surface area (Å²) in [6.07, 6.45) is -1.09. The lowest BCUT2D eigenvalue weighted by Crippen LogP contribution is -2.33. The smallest absolute Gasteiger partial charge is 0.414 e. The second-order valence-electron chi connectivity index (χ2n) is 9.29. The normalized spacial score (nSPS) is 15.0. The number of fused-ring (bicyclic) bond motifs is 1. The first-order valence-electron chi connectivity index (χ1n) is 12.4. The van der Waals surface area contributed by atoms with Gasteiger partial charge in [-0.25, -0.2) is 9.18 Å². The van der Waals surface area contributed by atoms with E-state index >= 15 is 4.39 Å². The van der Waals surface area contributed by atoms with Gasteiger partial charge in [-0.3, -0.25) is 14.5 Å². The number of carbonyl (C=O) groups is 2. The van der Waals surface area contributed by atoms with Crippen LogP contribution in [-0.4, -0.2) is 31.2 Å². The number of nitrogens with zero attached hydrogens (tertiary/aromatic N) is 1. The van der Waals surface area contributed by atoms with Crippen LogP contribution >= 0.6 is 0 Å². The third-order valence-corrected chi connectivity index (χ3v) is 6.54. The van der Waals surface area contributed by atoms with Crippen LogP contribution in [0.1, 0.15) is 18.1 Å². The van der Waals surface area contributed by atoms with Crippen molar-refractivity contribution in [1.29, 1.82) is 0 Å². The fraction of sp³-hybridized carbons (Fsp3) is 0.207. The molecule has 1 saturated heterocycles. The monoisotopic (exact) mass is 530 g/mol. The number of nitrogens with one attached hydrogen (secondary N) is 2. The van der Waals surface area contributed by atoms with E-state index in [1.165, 1.54) is 17.9 Å². The zero-order valence-corrected chi connectivity index (χ0v) is 21.2. The van der Waals surface area contributed by atoms with E-state index in [2.05, 4.69) is 10.6 Å². The standard InChI is InChI=1S/C29H27FN4O5/c1-17(35)33-14-21-16-34(29(37)38-21)20-10-11-22(25(30)12-20)19-8-6-18(7-9-19)13-32-15-24-27(36)23-4-2-3-5-26(23)39-28(24)31/h2-12,21,32H,13-16,31H2,1H3,(H,33,35)/t21-/m0/s1. The van der Waals surface area contributed by atoms with Crippen LogP contribution < -0.4 is 26.7 Å². The zero-order valence-electron chi connectivity index (χ0n) is 21.2. The molecule has 0 unspecified atom stereocenters. The van der Waals surface area contributed by atoms with Crippen LogP contribution in [0.15, 0.2) is 75.9 Å². The maximum absolute atomic E-state index is 15.0. The molecular formula is C29H27FN4O5.